The number of nitrogens with one attached hydrogen (secondary N) is 1. The summed E-state index contributed by atoms with van der Waals surface area (Å²) in [6, 6.07) is 13.8. The summed E-state index contributed by atoms with van der Waals surface area (Å²) in [7, 11) is -2.14. The van der Waals surface area contributed by atoms with Crippen molar-refractivity contribution in [3.8, 4) is 5.75 Å². The van der Waals surface area contributed by atoms with Gasteiger partial charge in [0.2, 0.25) is 0 Å². The smallest absolute Gasteiger partial charge is 0.411 e. The predicted octanol–water partition coefficient (Wildman–Crippen LogP) is 3.40. The van der Waals surface area contributed by atoms with E-state index in [0.717, 1.165) is 11.8 Å². The molecule has 1 N–H and O–H groups in total. The SMILES string of the molecule is COc1cc2nccc(NC(=O)OCc3ccccc3)c2cc1S(C)(=O)=O. The molecule has 0 aliphatic rings. The second-order valence-corrected chi connectivity index (χ2v) is 7.82. The number of aromatic nitrogens is 1. The fourth-order valence-corrected chi connectivity index (χ4v) is 3.42. The number of carbonyl (C=O) groups is 1. The number of hydrogen-bond acceptors (Lipinski definition) is 6. The number of nitrogens with zero attached hydrogens (tertiary/aromatic N) is 1. The van der Waals surface area contributed by atoms with E-state index in [0.29, 0.717) is 16.6 Å². The van der Waals surface area contributed by atoms with E-state index in [1.54, 1.807) is 6.07 Å². The molecule has 1 heterocycles. The highest BCUT2D eigenvalue weighted by atomic mass is 32.2. The average Bonchev–Trinajstić information content (AvgIpc) is 2.65. The minimum absolute atomic E-state index is 0.0196. The Bertz CT molecular complexity index is 1080. The highest BCUT2D eigenvalue weighted by Crippen LogP contribution is 2.32. The van der Waals surface area contributed by atoms with Crippen molar-refractivity contribution in [2.24, 2.45) is 0 Å². The molecule has 27 heavy (non-hydrogen) atoms. The number of anilines is 1. The van der Waals surface area contributed by atoms with Crippen molar-refractivity contribution in [1.29, 1.82) is 0 Å². The van der Waals surface area contributed by atoms with Crippen molar-refractivity contribution < 1.29 is 22.7 Å². The molecule has 2 aromatic carbocycles. The molecule has 8 heteroatoms. The number of hydrogen-bond donors (Lipinski definition) is 1. The molecule has 0 saturated heterocycles. The summed E-state index contributed by atoms with van der Waals surface area (Å²) in [5.41, 5.74) is 1.74. The molecule has 0 saturated carbocycles. The minimum Gasteiger partial charge on any atom is -0.495 e. The standard InChI is InChI=1S/C19H18N2O5S/c1-25-17-11-16-14(10-18(17)27(2,23)24)15(8-9-20-16)21-19(22)26-12-13-6-4-3-5-7-13/h3-11H,12H2,1-2H3,(H,20,21,22). The molecule has 0 aliphatic heterocycles. The average molecular weight is 386 g/mol. The zero-order chi connectivity index (χ0) is 19.4. The summed E-state index contributed by atoms with van der Waals surface area (Å²) in [5.74, 6) is 0.196. The van der Waals surface area contributed by atoms with E-state index in [1.165, 1.54) is 25.4 Å². The van der Waals surface area contributed by atoms with Gasteiger partial charge in [-0.15, -0.1) is 0 Å². The molecule has 0 fully saturated rings. The topological polar surface area (TPSA) is 94.6 Å². The van der Waals surface area contributed by atoms with E-state index < -0.39 is 15.9 Å². The third-order valence-corrected chi connectivity index (χ3v) is 4.99. The highest BCUT2D eigenvalue weighted by molar-refractivity contribution is 7.90. The number of pyridine rings is 1. The number of rotatable bonds is 5. The number of carbonyl (C=O) groups excluding carboxylic acids is 1. The van der Waals surface area contributed by atoms with Crippen LogP contribution in [0.1, 0.15) is 5.56 Å². The van der Waals surface area contributed by atoms with Gasteiger partial charge >= 0.3 is 6.09 Å². The van der Waals surface area contributed by atoms with Crippen LogP contribution in [0.2, 0.25) is 0 Å². The lowest BCUT2D eigenvalue weighted by Gasteiger charge is -2.12. The fourth-order valence-electron chi connectivity index (χ4n) is 2.58. The quantitative estimate of drug-likeness (QED) is 0.722. The van der Waals surface area contributed by atoms with Crippen molar-refractivity contribution in [2.45, 2.75) is 11.5 Å². The Labute approximate surface area is 156 Å². The number of methoxy groups -OCH3 is 1. The summed E-state index contributed by atoms with van der Waals surface area (Å²) in [4.78, 5) is 16.4. The molecule has 0 spiro atoms. The molecule has 0 aliphatic carbocycles. The van der Waals surface area contributed by atoms with Crippen molar-refractivity contribution in [3.63, 3.8) is 0 Å². The molecule has 1 aromatic heterocycles. The van der Waals surface area contributed by atoms with E-state index in [-0.39, 0.29) is 17.3 Å². The van der Waals surface area contributed by atoms with Crippen LogP contribution in [0, 0.1) is 0 Å². The summed E-state index contributed by atoms with van der Waals surface area (Å²) in [5, 5.41) is 3.10. The molecule has 3 aromatic rings. The van der Waals surface area contributed by atoms with Crippen LogP contribution in [0.15, 0.2) is 59.6 Å². The first-order chi connectivity index (χ1) is 12.9. The Morgan fingerprint density at radius 3 is 2.56 bits per heavy atom. The zero-order valence-corrected chi connectivity index (χ0v) is 15.6. The van der Waals surface area contributed by atoms with Gasteiger partial charge in [0.15, 0.2) is 9.84 Å². The monoisotopic (exact) mass is 386 g/mol. The molecule has 1 amide bonds. The molecule has 0 unspecified atom stereocenters. The molecule has 0 atom stereocenters. The van der Waals surface area contributed by atoms with Crippen molar-refractivity contribution in [1.82, 2.24) is 4.98 Å². The van der Waals surface area contributed by atoms with Gasteiger partial charge in [-0.2, -0.15) is 0 Å². The lowest BCUT2D eigenvalue weighted by atomic mass is 10.2. The minimum atomic E-state index is -3.53. The second-order valence-electron chi connectivity index (χ2n) is 5.84. The largest absolute Gasteiger partial charge is 0.495 e. The Hall–Kier alpha value is -3.13. The summed E-state index contributed by atoms with van der Waals surface area (Å²) >= 11 is 0. The third kappa shape index (κ3) is 4.35. The summed E-state index contributed by atoms with van der Waals surface area (Å²) < 4.78 is 34.4. The summed E-state index contributed by atoms with van der Waals surface area (Å²) in [6.45, 7) is 0.123. The van der Waals surface area contributed by atoms with Gasteiger partial charge in [-0.05, 0) is 17.7 Å². The van der Waals surface area contributed by atoms with Gasteiger partial charge in [0.05, 0.1) is 18.3 Å². The van der Waals surface area contributed by atoms with Crippen LogP contribution in [0.4, 0.5) is 10.5 Å². The number of amides is 1. The van der Waals surface area contributed by atoms with E-state index in [2.05, 4.69) is 10.3 Å². The van der Waals surface area contributed by atoms with Crippen LogP contribution in [-0.2, 0) is 21.2 Å². The molecular formula is C19H18N2O5S. The first kappa shape index (κ1) is 18.7. The Kier molecular flexibility index (Phi) is 5.27. The van der Waals surface area contributed by atoms with Gasteiger partial charge in [0.1, 0.15) is 17.3 Å². The van der Waals surface area contributed by atoms with Crippen molar-refractivity contribution in [2.75, 3.05) is 18.7 Å². The number of sulfone groups is 1. The fraction of sp³-hybridized carbons (Fsp3) is 0.158. The third-order valence-electron chi connectivity index (χ3n) is 3.88. The maximum atomic E-state index is 12.1. The number of fused-ring (bicyclic) bond motifs is 1. The predicted molar refractivity (Wildman–Crippen MR) is 102 cm³/mol. The Balaban J connectivity index is 1.89. The second kappa shape index (κ2) is 7.63. The lowest BCUT2D eigenvalue weighted by Crippen LogP contribution is -2.14. The van der Waals surface area contributed by atoms with Crippen LogP contribution in [0.5, 0.6) is 5.75 Å². The van der Waals surface area contributed by atoms with Gasteiger partial charge in [-0.3, -0.25) is 10.3 Å². The van der Waals surface area contributed by atoms with Gasteiger partial charge in [-0.25, -0.2) is 13.2 Å². The Morgan fingerprint density at radius 1 is 1.15 bits per heavy atom. The highest BCUT2D eigenvalue weighted by Gasteiger charge is 2.18. The molecule has 7 nitrogen and oxygen atoms in total. The van der Waals surface area contributed by atoms with Gasteiger partial charge in [0, 0.05) is 23.9 Å². The first-order valence-electron chi connectivity index (χ1n) is 8.03. The van der Waals surface area contributed by atoms with Crippen LogP contribution >= 0.6 is 0 Å². The molecule has 0 radical (unpaired) electrons. The van der Waals surface area contributed by atoms with Crippen LogP contribution < -0.4 is 10.1 Å². The Morgan fingerprint density at radius 2 is 1.89 bits per heavy atom. The number of benzene rings is 2. The molecule has 140 valence electrons. The zero-order valence-electron chi connectivity index (χ0n) is 14.8. The summed E-state index contributed by atoms with van der Waals surface area (Å²) in [6.07, 6.45) is 1.95. The van der Waals surface area contributed by atoms with E-state index >= 15 is 0 Å². The lowest BCUT2D eigenvalue weighted by molar-refractivity contribution is 0.155. The normalized spacial score (nSPS) is 11.2. The molecule has 0 bridgehead atoms. The van der Waals surface area contributed by atoms with E-state index in [1.807, 2.05) is 30.3 Å². The van der Waals surface area contributed by atoms with Gasteiger partial charge < -0.3 is 9.47 Å². The molecular weight excluding hydrogens is 368 g/mol. The maximum Gasteiger partial charge on any atom is 0.411 e. The van der Waals surface area contributed by atoms with Crippen molar-refractivity contribution in [3.05, 3.63) is 60.3 Å². The van der Waals surface area contributed by atoms with Gasteiger partial charge in [0.25, 0.3) is 0 Å². The van der Waals surface area contributed by atoms with Crippen LogP contribution in [-0.4, -0.2) is 32.9 Å². The first-order valence-corrected chi connectivity index (χ1v) is 9.92. The maximum absolute atomic E-state index is 12.1. The van der Waals surface area contributed by atoms with Crippen LogP contribution in [0.25, 0.3) is 10.9 Å². The van der Waals surface area contributed by atoms with E-state index in [9.17, 15) is 13.2 Å². The van der Waals surface area contributed by atoms with Crippen molar-refractivity contribution >= 4 is 32.5 Å². The van der Waals surface area contributed by atoms with Crippen LogP contribution in [0.3, 0.4) is 0 Å². The van der Waals surface area contributed by atoms with Gasteiger partial charge in [-0.1, -0.05) is 30.3 Å². The molecule has 3 rings (SSSR count). The number of ether oxygens (including phenoxy) is 2. The van der Waals surface area contributed by atoms with E-state index in [4.69, 9.17) is 9.47 Å².